The largest absolute Gasteiger partial charge is 0.374 e. The molecule has 1 saturated carbocycles. The molecule has 138 valence electrons. The highest BCUT2D eigenvalue weighted by Crippen LogP contribution is 2.28. The van der Waals surface area contributed by atoms with Crippen LogP contribution in [0.4, 0.5) is 0 Å². The fourth-order valence-corrected chi connectivity index (χ4v) is 4.07. The van der Waals surface area contributed by atoms with E-state index >= 15 is 0 Å². The van der Waals surface area contributed by atoms with Gasteiger partial charge in [0.25, 0.3) is 0 Å². The molecule has 1 heterocycles. The zero-order chi connectivity index (χ0) is 17.5. The Morgan fingerprint density at radius 1 is 1.20 bits per heavy atom. The molecule has 25 heavy (non-hydrogen) atoms. The third-order valence-corrected chi connectivity index (χ3v) is 5.42. The SMILES string of the molecule is NCCN(CCc1ccccc1)CC(=O)N1CCOC2CCCCC21. The van der Waals surface area contributed by atoms with Crippen LogP contribution >= 0.6 is 0 Å². The second kappa shape index (κ2) is 9.32. The summed E-state index contributed by atoms with van der Waals surface area (Å²) in [4.78, 5) is 17.2. The lowest BCUT2D eigenvalue weighted by Crippen LogP contribution is -2.57. The monoisotopic (exact) mass is 345 g/mol. The Morgan fingerprint density at radius 2 is 2.00 bits per heavy atom. The summed E-state index contributed by atoms with van der Waals surface area (Å²) in [6, 6.07) is 10.7. The predicted molar refractivity (Wildman–Crippen MR) is 99.3 cm³/mol. The minimum Gasteiger partial charge on any atom is -0.374 e. The molecule has 1 aromatic carbocycles. The summed E-state index contributed by atoms with van der Waals surface area (Å²) in [6.45, 7) is 4.08. The number of rotatable bonds is 7. The summed E-state index contributed by atoms with van der Waals surface area (Å²) < 4.78 is 5.89. The van der Waals surface area contributed by atoms with Crippen LogP contribution in [-0.4, -0.2) is 67.2 Å². The molecule has 1 aliphatic heterocycles. The summed E-state index contributed by atoms with van der Waals surface area (Å²) in [7, 11) is 0. The Morgan fingerprint density at radius 3 is 2.80 bits per heavy atom. The number of ether oxygens (including phenoxy) is 1. The quantitative estimate of drug-likeness (QED) is 0.816. The Hall–Kier alpha value is -1.43. The first kappa shape index (κ1) is 18.4. The Labute approximate surface area is 151 Å². The number of benzene rings is 1. The molecule has 2 unspecified atom stereocenters. The van der Waals surface area contributed by atoms with E-state index in [1.54, 1.807) is 0 Å². The second-order valence-corrected chi connectivity index (χ2v) is 7.15. The second-order valence-electron chi connectivity index (χ2n) is 7.15. The van der Waals surface area contributed by atoms with Crippen molar-refractivity contribution in [2.75, 3.05) is 39.3 Å². The zero-order valence-electron chi connectivity index (χ0n) is 15.1. The maximum atomic E-state index is 12.9. The Kier molecular flexibility index (Phi) is 6.84. The van der Waals surface area contributed by atoms with Crippen LogP contribution in [0, 0.1) is 0 Å². The van der Waals surface area contributed by atoms with Gasteiger partial charge in [0.05, 0.1) is 25.3 Å². The van der Waals surface area contributed by atoms with Crippen LogP contribution in [0.25, 0.3) is 0 Å². The van der Waals surface area contributed by atoms with Gasteiger partial charge in [-0.05, 0) is 24.8 Å². The topological polar surface area (TPSA) is 58.8 Å². The summed E-state index contributed by atoms with van der Waals surface area (Å²) in [5, 5.41) is 0. The lowest BCUT2D eigenvalue weighted by molar-refractivity contribution is -0.150. The predicted octanol–water partition coefficient (Wildman–Crippen LogP) is 1.66. The van der Waals surface area contributed by atoms with Crippen molar-refractivity contribution in [2.24, 2.45) is 5.73 Å². The van der Waals surface area contributed by atoms with Gasteiger partial charge in [0.2, 0.25) is 5.91 Å². The molecule has 0 bridgehead atoms. The highest BCUT2D eigenvalue weighted by Gasteiger charge is 2.36. The van der Waals surface area contributed by atoms with E-state index in [1.807, 2.05) is 6.07 Å². The van der Waals surface area contributed by atoms with Crippen molar-refractivity contribution >= 4 is 5.91 Å². The van der Waals surface area contributed by atoms with E-state index in [2.05, 4.69) is 34.1 Å². The molecular weight excluding hydrogens is 314 g/mol. The minimum atomic E-state index is 0.238. The molecule has 3 rings (SSSR count). The fourth-order valence-electron chi connectivity index (χ4n) is 4.07. The third kappa shape index (κ3) is 5.03. The van der Waals surface area contributed by atoms with E-state index in [0.29, 0.717) is 19.7 Å². The molecule has 1 aliphatic carbocycles. The van der Waals surface area contributed by atoms with Crippen molar-refractivity contribution in [1.29, 1.82) is 0 Å². The average molecular weight is 345 g/mol. The molecule has 2 aliphatic rings. The first-order chi connectivity index (χ1) is 12.3. The summed E-state index contributed by atoms with van der Waals surface area (Å²) in [5.74, 6) is 0.238. The van der Waals surface area contributed by atoms with Gasteiger partial charge in [0, 0.05) is 26.2 Å². The van der Waals surface area contributed by atoms with Crippen molar-refractivity contribution < 1.29 is 9.53 Å². The van der Waals surface area contributed by atoms with Crippen LogP contribution in [0.15, 0.2) is 30.3 Å². The third-order valence-electron chi connectivity index (χ3n) is 5.42. The van der Waals surface area contributed by atoms with Crippen molar-refractivity contribution in [2.45, 2.75) is 44.2 Å². The normalized spacial score (nSPS) is 23.5. The number of nitrogens with zero attached hydrogens (tertiary/aromatic N) is 2. The van der Waals surface area contributed by atoms with Crippen LogP contribution < -0.4 is 5.73 Å². The number of carbonyl (C=O) groups excluding carboxylic acids is 1. The molecule has 1 saturated heterocycles. The van der Waals surface area contributed by atoms with Crippen molar-refractivity contribution in [3.05, 3.63) is 35.9 Å². The van der Waals surface area contributed by atoms with Crippen LogP contribution in [0.5, 0.6) is 0 Å². The minimum absolute atomic E-state index is 0.238. The van der Waals surface area contributed by atoms with E-state index in [9.17, 15) is 4.79 Å². The van der Waals surface area contributed by atoms with Gasteiger partial charge in [0.1, 0.15) is 0 Å². The van der Waals surface area contributed by atoms with Gasteiger partial charge >= 0.3 is 0 Å². The molecule has 2 atom stereocenters. The number of hydrogen-bond donors (Lipinski definition) is 1. The van der Waals surface area contributed by atoms with Crippen LogP contribution in [0.2, 0.25) is 0 Å². The number of nitrogens with two attached hydrogens (primary N) is 1. The lowest BCUT2D eigenvalue weighted by atomic mass is 9.90. The van der Waals surface area contributed by atoms with Gasteiger partial charge in [-0.25, -0.2) is 0 Å². The van der Waals surface area contributed by atoms with Crippen molar-refractivity contribution in [3.63, 3.8) is 0 Å². The molecule has 1 amide bonds. The maximum absolute atomic E-state index is 12.9. The summed E-state index contributed by atoms with van der Waals surface area (Å²) >= 11 is 0. The van der Waals surface area contributed by atoms with Gasteiger partial charge in [-0.2, -0.15) is 0 Å². The van der Waals surface area contributed by atoms with E-state index in [1.165, 1.54) is 18.4 Å². The number of morpholine rings is 1. The van der Waals surface area contributed by atoms with Crippen LogP contribution in [-0.2, 0) is 16.0 Å². The van der Waals surface area contributed by atoms with Crippen molar-refractivity contribution in [1.82, 2.24) is 9.80 Å². The highest BCUT2D eigenvalue weighted by molar-refractivity contribution is 5.78. The molecule has 0 aromatic heterocycles. The fraction of sp³-hybridized carbons (Fsp3) is 0.650. The molecular formula is C20H31N3O2. The van der Waals surface area contributed by atoms with Gasteiger partial charge in [-0.3, -0.25) is 9.69 Å². The molecule has 1 aromatic rings. The number of hydrogen-bond acceptors (Lipinski definition) is 4. The lowest BCUT2D eigenvalue weighted by Gasteiger charge is -2.44. The van der Waals surface area contributed by atoms with Crippen LogP contribution in [0.1, 0.15) is 31.2 Å². The number of fused-ring (bicyclic) bond motifs is 1. The summed E-state index contributed by atoms with van der Waals surface area (Å²) in [5.41, 5.74) is 7.07. The smallest absolute Gasteiger partial charge is 0.237 e. The molecule has 5 heteroatoms. The zero-order valence-corrected chi connectivity index (χ0v) is 15.1. The molecule has 5 nitrogen and oxygen atoms in total. The van der Waals surface area contributed by atoms with E-state index in [4.69, 9.17) is 10.5 Å². The molecule has 0 spiro atoms. The van der Waals surface area contributed by atoms with Crippen LogP contribution in [0.3, 0.4) is 0 Å². The first-order valence-electron chi connectivity index (χ1n) is 9.65. The summed E-state index contributed by atoms with van der Waals surface area (Å²) in [6.07, 6.45) is 5.79. The van der Waals surface area contributed by atoms with Gasteiger partial charge < -0.3 is 15.4 Å². The standard InChI is InChI=1S/C20H31N3O2/c21-11-13-22(12-10-17-6-2-1-3-7-17)16-20(24)23-14-15-25-19-9-5-4-8-18(19)23/h1-3,6-7,18-19H,4-5,8-16,21H2. The number of carbonyl (C=O) groups is 1. The van der Waals surface area contributed by atoms with Gasteiger partial charge in [0.15, 0.2) is 0 Å². The van der Waals surface area contributed by atoms with E-state index in [-0.39, 0.29) is 18.1 Å². The first-order valence-corrected chi connectivity index (χ1v) is 9.65. The average Bonchev–Trinajstić information content (AvgIpc) is 2.66. The molecule has 0 radical (unpaired) electrons. The van der Waals surface area contributed by atoms with Crippen molar-refractivity contribution in [3.8, 4) is 0 Å². The van der Waals surface area contributed by atoms with E-state index < -0.39 is 0 Å². The Bertz CT molecular complexity index is 535. The van der Waals surface area contributed by atoms with E-state index in [0.717, 1.165) is 38.9 Å². The highest BCUT2D eigenvalue weighted by atomic mass is 16.5. The number of amides is 1. The van der Waals surface area contributed by atoms with Gasteiger partial charge in [-0.1, -0.05) is 43.2 Å². The Balaban J connectivity index is 1.56. The molecule has 2 N–H and O–H groups in total. The molecule has 2 fully saturated rings. The maximum Gasteiger partial charge on any atom is 0.237 e. The van der Waals surface area contributed by atoms with Gasteiger partial charge in [-0.15, -0.1) is 0 Å².